The van der Waals surface area contributed by atoms with Crippen molar-refractivity contribution in [3.05, 3.63) is 23.3 Å². The molecule has 7 atom stereocenters. The average molecular weight is 316 g/mol. The maximum atomic E-state index is 10.3. The molecular weight excluding hydrogens is 284 g/mol. The van der Waals surface area contributed by atoms with E-state index in [-0.39, 0.29) is 23.0 Å². The molecule has 0 radical (unpaired) electrons. The van der Waals surface area contributed by atoms with Crippen LogP contribution in [0.4, 0.5) is 0 Å². The van der Waals surface area contributed by atoms with Crippen molar-refractivity contribution in [3.8, 4) is 0 Å². The first kappa shape index (κ1) is 15.9. The molecule has 1 unspecified atom stereocenters. The van der Waals surface area contributed by atoms with Gasteiger partial charge in [-0.15, -0.1) is 0 Å². The zero-order valence-electron chi connectivity index (χ0n) is 14.9. The fraction of sp³-hybridized carbons (Fsp3) is 0.810. The number of hydrogen-bond acceptors (Lipinski definition) is 2. The highest BCUT2D eigenvalue weighted by atomic mass is 16.3. The van der Waals surface area contributed by atoms with Gasteiger partial charge in [0, 0.05) is 0 Å². The summed E-state index contributed by atoms with van der Waals surface area (Å²) in [5.41, 5.74) is 3.71. The van der Waals surface area contributed by atoms with Crippen LogP contribution < -0.4 is 0 Å². The van der Waals surface area contributed by atoms with Gasteiger partial charge >= 0.3 is 0 Å². The molecule has 0 aliphatic heterocycles. The van der Waals surface area contributed by atoms with E-state index in [2.05, 4.69) is 26.0 Å². The van der Waals surface area contributed by atoms with Crippen LogP contribution >= 0.6 is 0 Å². The van der Waals surface area contributed by atoms with E-state index in [4.69, 9.17) is 0 Å². The van der Waals surface area contributed by atoms with Crippen LogP contribution in [0.3, 0.4) is 0 Å². The van der Waals surface area contributed by atoms with Crippen molar-refractivity contribution in [3.63, 3.8) is 0 Å². The van der Waals surface area contributed by atoms with Crippen LogP contribution in [0.15, 0.2) is 23.3 Å². The van der Waals surface area contributed by atoms with Crippen molar-refractivity contribution in [2.24, 2.45) is 28.6 Å². The van der Waals surface area contributed by atoms with E-state index in [1.54, 1.807) is 5.57 Å². The zero-order chi connectivity index (χ0) is 16.4. The summed E-state index contributed by atoms with van der Waals surface area (Å²) in [7, 11) is 0. The second-order valence-electron chi connectivity index (χ2n) is 9.25. The van der Waals surface area contributed by atoms with Gasteiger partial charge in [-0.05, 0) is 80.5 Å². The zero-order valence-corrected chi connectivity index (χ0v) is 14.9. The lowest BCUT2D eigenvalue weighted by Crippen LogP contribution is -2.47. The van der Waals surface area contributed by atoms with Crippen molar-refractivity contribution >= 4 is 0 Å². The van der Waals surface area contributed by atoms with E-state index < -0.39 is 0 Å². The van der Waals surface area contributed by atoms with Gasteiger partial charge in [-0.2, -0.15) is 0 Å². The Morgan fingerprint density at radius 2 is 1.83 bits per heavy atom. The minimum absolute atomic E-state index is 0.135. The molecular formula is C21H32O2. The molecule has 4 aliphatic rings. The average Bonchev–Trinajstić information content (AvgIpc) is 2.85. The standard InChI is InChI=1S/C21H32O2/c1-13(22)17-6-7-18-16-5-4-14-12-15(23)8-10-20(14,2)19(16)9-11-21(17,18)3/h4-5,13,15,17-19,22-23H,6-12H2,1-3H3/t13?,15-,17+,18-,19+,20+,21+/m0/s1. The van der Waals surface area contributed by atoms with Gasteiger partial charge in [0.2, 0.25) is 0 Å². The Hall–Kier alpha value is -0.600. The van der Waals surface area contributed by atoms with E-state index in [0.717, 1.165) is 19.3 Å². The summed E-state index contributed by atoms with van der Waals surface area (Å²) in [4.78, 5) is 0. The molecule has 3 saturated carbocycles. The van der Waals surface area contributed by atoms with Gasteiger partial charge in [0.15, 0.2) is 0 Å². The minimum atomic E-state index is -0.183. The van der Waals surface area contributed by atoms with E-state index in [9.17, 15) is 10.2 Å². The molecule has 128 valence electrons. The number of aliphatic hydroxyl groups is 2. The van der Waals surface area contributed by atoms with E-state index in [1.165, 1.54) is 31.3 Å². The van der Waals surface area contributed by atoms with Crippen molar-refractivity contribution in [1.29, 1.82) is 0 Å². The van der Waals surface area contributed by atoms with Crippen LogP contribution in [0.5, 0.6) is 0 Å². The van der Waals surface area contributed by atoms with Crippen molar-refractivity contribution < 1.29 is 10.2 Å². The van der Waals surface area contributed by atoms with Gasteiger partial charge in [-0.1, -0.05) is 37.1 Å². The molecule has 23 heavy (non-hydrogen) atoms. The predicted octanol–water partition coefficient (Wildman–Crippen LogP) is 4.23. The van der Waals surface area contributed by atoms with Gasteiger partial charge < -0.3 is 10.2 Å². The van der Waals surface area contributed by atoms with Crippen LogP contribution in [0.2, 0.25) is 0 Å². The molecule has 2 nitrogen and oxygen atoms in total. The van der Waals surface area contributed by atoms with E-state index >= 15 is 0 Å². The summed E-state index contributed by atoms with van der Waals surface area (Å²) < 4.78 is 0. The molecule has 3 fully saturated rings. The first-order chi connectivity index (χ1) is 10.9. The number of rotatable bonds is 1. The molecule has 0 heterocycles. The Bertz CT molecular complexity index is 560. The molecule has 0 aromatic carbocycles. The third-order valence-corrected chi connectivity index (χ3v) is 8.20. The molecule has 4 aliphatic carbocycles. The maximum absolute atomic E-state index is 10.3. The number of fused-ring (bicyclic) bond motifs is 5. The molecule has 0 saturated heterocycles. The second-order valence-corrected chi connectivity index (χ2v) is 9.25. The molecule has 0 aromatic rings. The first-order valence-electron chi connectivity index (χ1n) is 9.63. The van der Waals surface area contributed by atoms with Crippen LogP contribution in [-0.2, 0) is 0 Å². The summed E-state index contributed by atoms with van der Waals surface area (Å²) in [6, 6.07) is 0. The molecule has 2 N–H and O–H groups in total. The SMILES string of the molecule is CC(O)[C@H]1CC[C@H]2C3=CC=C4C[C@@H](O)CC[C@@]4(C)[C@@H]3CC[C@]12C. The Labute approximate surface area is 140 Å². The third-order valence-electron chi connectivity index (χ3n) is 8.20. The van der Waals surface area contributed by atoms with Gasteiger partial charge in [0.1, 0.15) is 0 Å². The first-order valence-corrected chi connectivity index (χ1v) is 9.63. The Kier molecular flexibility index (Phi) is 3.59. The molecule has 0 aromatic heterocycles. The van der Waals surface area contributed by atoms with E-state index in [0.29, 0.717) is 17.8 Å². The normalized spacial score (nSPS) is 50.3. The molecule has 0 spiro atoms. The lowest BCUT2D eigenvalue weighted by Gasteiger charge is -2.55. The minimum Gasteiger partial charge on any atom is -0.393 e. The number of hydrogen-bond donors (Lipinski definition) is 2. The lowest BCUT2D eigenvalue weighted by molar-refractivity contribution is 0.00425. The quantitative estimate of drug-likeness (QED) is 0.760. The van der Waals surface area contributed by atoms with Crippen LogP contribution in [-0.4, -0.2) is 22.4 Å². The monoisotopic (exact) mass is 316 g/mol. The Morgan fingerprint density at radius 1 is 1.04 bits per heavy atom. The maximum Gasteiger partial charge on any atom is 0.0578 e. The second kappa shape index (κ2) is 5.20. The largest absolute Gasteiger partial charge is 0.393 e. The fourth-order valence-electron chi connectivity index (χ4n) is 6.82. The summed E-state index contributed by atoms with van der Waals surface area (Å²) in [6.07, 6.45) is 12.3. The van der Waals surface area contributed by atoms with Gasteiger partial charge in [0.05, 0.1) is 12.2 Å². The van der Waals surface area contributed by atoms with Crippen molar-refractivity contribution in [2.75, 3.05) is 0 Å². The van der Waals surface area contributed by atoms with E-state index in [1.807, 2.05) is 6.92 Å². The van der Waals surface area contributed by atoms with Crippen LogP contribution in [0.25, 0.3) is 0 Å². The topological polar surface area (TPSA) is 40.5 Å². The fourth-order valence-corrected chi connectivity index (χ4v) is 6.82. The molecule has 4 rings (SSSR count). The lowest BCUT2D eigenvalue weighted by atomic mass is 9.50. The van der Waals surface area contributed by atoms with Crippen LogP contribution in [0.1, 0.15) is 65.7 Å². The summed E-state index contributed by atoms with van der Waals surface area (Å²) in [5.74, 6) is 1.78. The third kappa shape index (κ3) is 2.14. The highest BCUT2D eigenvalue weighted by Crippen LogP contribution is 2.65. The van der Waals surface area contributed by atoms with Gasteiger partial charge in [-0.25, -0.2) is 0 Å². The Morgan fingerprint density at radius 3 is 2.57 bits per heavy atom. The molecule has 0 amide bonds. The Balaban J connectivity index is 1.71. The molecule has 0 bridgehead atoms. The number of allylic oxidation sites excluding steroid dienone is 3. The predicted molar refractivity (Wildman–Crippen MR) is 92.9 cm³/mol. The summed E-state index contributed by atoms with van der Waals surface area (Å²) >= 11 is 0. The van der Waals surface area contributed by atoms with Crippen LogP contribution in [0, 0.1) is 28.6 Å². The number of aliphatic hydroxyl groups excluding tert-OH is 2. The highest BCUT2D eigenvalue weighted by Gasteiger charge is 2.56. The summed E-state index contributed by atoms with van der Waals surface area (Å²) in [5, 5.41) is 20.3. The van der Waals surface area contributed by atoms with Gasteiger partial charge in [-0.3, -0.25) is 0 Å². The molecule has 2 heteroatoms. The van der Waals surface area contributed by atoms with Crippen molar-refractivity contribution in [1.82, 2.24) is 0 Å². The van der Waals surface area contributed by atoms with Crippen molar-refractivity contribution in [2.45, 2.75) is 77.9 Å². The smallest absolute Gasteiger partial charge is 0.0578 e. The van der Waals surface area contributed by atoms with Gasteiger partial charge in [0.25, 0.3) is 0 Å². The summed E-state index contributed by atoms with van der Waals surface area (Å²) in [6.45, 7) is 6.87. The highest BCUT2D eigenvalue weighted by molar-refractivity contribution is 5.38.